The van der Waals surface area contributed by atoms with E-state index in [2.05, 4.69) is 21.4 Å². The van der Waals surface area contributed by atoms with Gasteiger partial charge in [0, 0.05) is 43.5 Å². The second-order valence-corrected chi connectivity index (χ2v) is 6.64. The van der Waals surface area contributed by atoms with Crippen LogP contribution in [0, 0.1) is 11.3 Å². The highest BCUT2D eigenvalue weighted by Crippen LogP contribution is 2.21. The molecule has 1 N–H and O–H groups in total. The number of nitrogens with zero attached hydrogens (tertiary/aromatic N) is 5. The van der Waals surface area contributed by atoms with Crippen LogP contribution in [-0.4, -0.2) is 45.4 Å². The third-order valence-electron chi connectivity index (χ3n) is 4.53. The standard InChI is InChI=1S/C19H22N6O/c1-13(2)24(3)19(26)25-8-7-17-15(12-25)11-21-18(23-17)22-16-6-4-5-14(9-16)10-20/h4-6,9,11,13H,7-8,12H2,1-3H3,(H,21,22,23). The van der Waals surface area contributed by atoms with Gasteiger partial charge in [-0.3, -0.25) is 0 Å². The highest BCUT2D eigenvalue weighted by molar-refractivity contribution is 5.74. The zero-order chi connectivity index (χ0) is 18.7. The summed E-state index contributed by atoms with van der Waals surface area (Å²) in [5.41, 5.74) is 3.28. The summed E-state index contributed by atoms with van der Waals surface area (Å²) in [6.07, 6.45) is 2.47. The van der Waals surface area contributed by atoms with Crippen molar-refractivity contribution in [3.8, 4) is 6.07 Å². The van der Waals surface area contributed by atoms with Crippen molar-refractivity contribution in [2.45, 2.75) is 32.9 Å². The van der Waals surface area contributed by atoms with E-state index in [1.165, 1.54) is 0 Å². The van der Waals surface area contributed by atoms with Gasteiger partial charge in [-0.1, -0.05) is 6.07 Å². The molecular formula is C19H22N6O. The number of aromatic nitrogens is 2. The third kappa shape index (κ3) is 3.75. The smallest absolute Gasteiger partial charge is 0.320 e. The molecule has 0 saturated heterocycles. The minimum absolute atomic E-state index is 0.0289. The number of nitrogens with one attached hydrogen (secondary N) is 1. The zero-order valence-corrected chi connectivity index (χ0v) is 15.2. The van der Waals surface area contributed by atoms with Gasteiger partial charge in [0.1, 0.15) is 0 Å². The van der Waals surface area contributed by atoms with Crippen LogP contribution in [0.3, 0.4) is 0 Å². The second-order valence-electron chi connectivity index (χ2n) is 6.64. The van der Waals surface area contributed by atoms with Crippen LogP contribution in [0.25, 0.3) is 0 Å². The minimum Gasteiger partial charge on any atom is -0.325 e. The Balaban J connectivity index is 1.73. The topological polar surface area (TPSA) is 85.2 Å². The summed E-state index contributed by atoms with van der Waals surface area (Å²) >= 11 is 0. The normalized spacial score (nSPS) is 13.1. The SMILES string of the molecule is CC(C)N(C)C(=O)N1CCc2nc(Nc3cccc(C#N)c3)ncc2C1. The average molecular weight is 350 g/mol. The number of hydrogen-bond acceptors (Lipinski definition) is 5. The zero-order valence-electron chi connectivity index (χ0n) is 15.2. The summed E-state index contributed by atoms with van der Waals surface area (Å²) in [4.78, 5) is 25.0. The first-order chi connectivity index (χ1) is 12.5. The molecule has 0 spiro atoms. The van der Waals surface area contributed by atoms with E-state index in [0.29, 0.717) is 31.0 Å². The number of urea groups is 1. The number of hydrogen-bond donors (Lipinski definition) is 1. The van der Waals surface area contributed by atoms with Gasteiger partial charge in [0.15, 0.2) is 0 Å². The molecule has 26 heavy (non-hydrogen) atoms. The van der Waals surface area contributed by atoms with Crippen LogP contribution in [-0.2, 0) is 13.0 Å². The minimum atomic E-state index is 0.0289. The Labute approximate surface area is 153 Å². The van der Waals surface area contributed by atoms with Gasteiger partial charge in [-0.15, -0.1) is 0 Å². The maximum Gasteiger partial charge on any atom is 0.320 e. The molecule has 2 amide bonds. The Kier molecular flexibility index (Phi) is 5.03. The Bertz CT molecular complexity index is 857. The molecule has 0 fully saturated rings. The molecule has 1 aromatic heterocycles. The highest BCUT2D eigenvalue weighted by Gasteiger charge is 2.25. The van der Waals surface area contributed by atoms with Gasteiger partial charge in [0.2, 0.25) is 5.95 Å². The van der Waals surface area contributed by atoms with E-state index in [-0.39, 0.29) is 12.1 Å². The van der Waals surface area contributed by atoms with Gasteiger partial charge in [-0.2, -0.15) is 5.26 Å². The van der Waals surface area contributed by atoms with Gasteiger partial charge < -0.3 is 15.1 Å². The van der Waals surface area contributed by atoms with E-state index < -0.39 is 0 Å². The first kappa shape index (κ1) is 17.7. The van der Waals surface area contributed by atoms with E-state index in [0.717, 1.165) is 16.9 Å². The summed E-state index contributed by atoms with van der Waals surface area (Å²) in [5.74, 6) is 0.498. The Morgan fingerprint density at radius 2 is 2.23 bits per heavy atom. The molecule has 0 aliphatic carbocycles. The van der Waals surface area contributed by atoms with Gasteiger partial charge >= 0.3 is 6.03 Å². The summed E-state index contributed by atoms with van der Waals surface area (Å²) in [6, 6.07) is 9.49. The number of anilines is 2. The fourth-order valence-corrected chi connectivity index (χ4v) is 2.78. The van der Waals surface area contributed by atoms with E-state index in [4.69, 9.17) is 5.26 Å². The first-order valence-electron chi connectivity index (χ1n) is 8.61. The molecule has 0 saturated carbocycles. The number of carbonyl (C=O) groups excluding carboxylic acids is 1. The van der Waals surface area contributed by atoms with Crippen LogP contribution >= 0.6 is 0 Å². The van der Waals surface area contributed by atoms with E-state index in [9.17, 15) is 4.79 Å². The molecule has 2 aromatic rings. The quantitative estimate of drug-likeness (QED) is 0.920. The number of rotatable bonds is 3. The molecule has 7 nitrogen and oxygen atoms in total. The third-order valence-corrected chi connectivity index (χ3v) is 4.53. The van der Waals surface area contributed by atoms with E-state index in [1.54, 1.807) is 23.2 Å². The van der Waals surface area contributed by atoms with E-state index in [1.807, 2.05) is 37.9 Å². The molecule has 0 unspecified atom stereocenters. The van der Waals surface area contributed by atoms with Crippen molar-refractivity contribution in [2.75, 3.05) is 18.9 Å². The Hall–Kier alpha value is -3.14. The molecule has 134 valence electrons. The summed E-state index contributed by atoms with van der Waals surface area (Å²) in [6.45, 7) is 5.16. The van der Waals surface area contributed by atoms with E-state index >= 15 is 0 Å². The van der Waals surface area contributed by atoms with Crippen LogP contribution in [0.1, 0.15) is 30.7 Å². The summed E-state index contributed by atoms with van der Waals surface area (Å²) in [5, 5.41) is 12.1. The first-order valence-corrected chi connectivity index (χ1v) is 8.61. The molecule has 3 rings (SSSR count). The molecule has 0 radical (unpaired) electrons. The fourth-order valence-electron chi connectivity index (χ4n) is 2.78. The molecule has 0 atom stereocenters. The Morgan fingerprint density at radius 1 is 1.42 bits per heavy atom. The lowest BCUT2D eigenvalue weighted by atomic mass is 10.1. The maximum absolute atomic E-state index is 12.5. The highest BCUT2D eigenvalue weighted by atomic mass is 16.2. The van der Waals surface area contributed by atoms with Crippen molar-refractivity contribution in [3.05, 3.63) is 47.3 Å². The van der Waals surface area contributed by atoms with Gasteiger partial charge in [0.05, 0.1) is 23.9 Å². The summed E-state index contributed by atoms with van der Waals surface area (Å²) < 4.78 is 0. The van der Waals surface area contributed by atoms with Crippen LogP contribution < -0.4 is 5.32 Å². The predicted molar refractivity (Wildman–Crippen MR) is 98.9 cm³/mol. The second kappa shape index (κ2) is 7.40. The number of amides is 2. The lowest BCUT2D eigenvalue weighted by Crippen LogP contribution is -2.46. The number of carbonyl (C=O) groups is 1. The van der Waals surface area contributed by atoms with Crippen molar-refractivity contribution in [1.29, 1.82) is 5.26 Å². The monoisotopic (exact) mass is 350 g/mol. The van der Waals surface area contributed by atoms with Crippen LogP contribution in [0.5, 0.6) is 0 Å². The number of benzene rings is 1. The fraction of sp³-hybridized carbons (Fsp3) is 0.368. The molecular weight excluding hydrogens is 328 g/mol. The van der Waals surface area contributed by atoms with Gasteiger partial charge in [-0.25, -0.2) is 14.8 Å². The molecule has 1 aromatic carbocycles. The molecule has 2 heterocycles. The molecule has 0 bridgehead atoms. The molecule has 7 heteroatoms. The average Bonchev–Trinajstić information content (AvgIpc) is 2.66. The van der Waals surface area contributed by atoms with Crippen molar-refractivity contribution in [3.63, 3.8) is 0 Å². The predicted octanol–water partition coefficient (Wildman–Crippen LogP) is 2.91. The van der Waals surface area contributed by atoms with Crippen LogP contribution in [0.15, 0.2) is 30.5 Å². The van der Waals surface area contributed by atoms with Crippen LogP contribution in [0.4, 0.5) is 16.4 Å². The Morgan fingerprint density at radius 3 is 2.96 bits per heavy atom. The number of nitriles is 1. The van der Waals surface area contributed by atoms with Gasteiger partial charge in [-0.05, 0) is 32.0 Å². The van der Waals surface area contributed by atoms with Crippen molar-refractivity contribution >= 4 is 17.7 Å². The largest absolute Gasteiger partial charge is 0.325 e. The molecule has 1 aliphatic rings. The lowest BCUT2D eigenvalue weighted by molar-refractivity contribution is 0.147. The van der Waals surface area contributed by atoms with Gasteiger partial charge in [0.25, 0.3) is 0 Å². The van der Waals surface area contributed by atoms with Crippen LogP contribution in [0.2, 0.25) is 0 Å². The number of fused-ring (bicyclic) bond motifs is 1. The molecule has 1 aliphatic heterocycles. The van der Waals surface area contributed by atoms with Crippen molar-refractivity contribution in [2.24, 2.45) is 0 Å². The van der Waals surface area contributed by atoms with Crippen molar-refractivity contribution < 1.29 is 4.79 Å². The lowest BCUT2D eigenvalue weighted by Gasteiger charge is -2.33. The maximum atomic E-state index is 12.5. The van der Waals surface area contributed by atoms with Crippen molar-refractivity contribution in [1.82, 2.24) is 19.8 Å². The summed E-state index contributed by atoms with van der Waals surface area (Å²) in [7, 11) is 1.82.